The van der Waals surface area contributed by atoms with E-state index in [0.717, 1.165) is 0 Å². The Balaban J connectivity index is 2.38. The Bertz CT molecular complexity index is 121. The van der Waals surface area contributed by atoms with E-state index in [9.17, 15) is 4.79 Å². The molecular weight excluding hydrogens is 132 g/mol. The monoisotopic (exact) mass is 144 g/mol. The van der Waals surface area contributed by atoms with E-state index < -0.39 is 6.29 Å². The Hall–Kier alpha value is -0.410. The lowest BCUT2D eigenvalue weighted by atomic mass is 9.96. The molecule has 0 aromatic carbocycles. The number of ether oxygens (including phenoxy) is 2. The second kappa shape index (κ2) is 2.68. The van der Waals surface area contributed by atoms with E-state index in [1.165, 1.54) is 0 Å². The molecule has 0 saturated carbocycles. The Morgan fingerprint density at radius 3 is 2.30 bits per heavy atom. The molecule has 10 heavy (non-hydrogen) atoms. The summed E-state index contributed by atoms with van der Waals surface area (Å²) in [5, 5.41) is 0. The zero-order chi connectivity index (χ0) is 7.61. The van der Waals surface area contributed by atoms with Gasteiger partial charge in [0, 0.05) is 5.41 Å². The molecule has 3 nitrogen and oxygen atoms in total. The molecule has 0 radical (unpaired) electrons. The largest absolute Gasteiger partial charge is 0.346 e. The third-order valence-electron chi connectivity index (χ3n) is 1.39. The highest BCUT2D eigenvalue weighted by molar-refractivity contribution is 5.53. The van der Waals surface area contributed by atoms with Crippen molar-refractivity contribution in [1.29, 1.82) is 0 Å². The lowest BCUT2D eigenvalue weighted by Crippen LogP contribution is -2.38. The average molecular weight is 144 g/mol. The molecule has 0 aromatic rings. The lowest BCUT2D eigenvalue weighted by Gasteiger charge is -2.32. The maximum Gasteiger partial charge on any atom is 0.214 e. The summed E-state index contributed by atoms with van der Waals surface area (Å²) >= 11 is 0. The lowest BCUT2D eigenvalue weighted by molar-refractivity contribution is -0.209. The summed E-state index contributed by atoms with van der Waals surface area (Å²) in [7, 11) is 0. The third-order valence-corrected chi connectivity index (χ3v) is 1.39. The van der Waals surface area contributed by atoms with Crippen molar-refractivity contribution >= 4 is 6.29 Å². The molecule has 0 bridgehead atoms. The maximum atomic E-state index is 10.1. The number of hydrogen-bond donors (Lipinski definition) is 0. The van der Waals surface area contributed by atoms with Crippen molar-refractivity contribution in [1.82, 2.24) is 0 Å². The van der Waals surface area contributed by atoms with Gasteiger partial charge in [-0.1, -0.05) is 13.8 Å². The minimum Gasteiger partial charge on any atom is -0.346 e. The van der Waals surface area contributed by atoms with Crippen LogP contribution < -0.4 is 0 Å². The van der Waals surface area contributed by atoms with Crippen molar-refractivity contribution in [2.24, 2.45) is 5.41 Å². The summed E-state index contributed by atoms with van der Waals surface area (Å²) in [6.45, 7) is 5.26. The first-order valence-corrected chi connectivity index (χ1v) is 3.32. The van der Waals surface area contributed by atoms with E-state index >= 15 is 0 Å². The number of carbonyl (C=O) groups excluding carboxylic acids is 1. The second-order valence-corrected chi connectivity index (χ2v) is 3.29. The van der Waals surface area contributed by atoms with Gasteiger partial charge in [-0.2, -0.15) is 0 Å². The molecule has 58 valence electrons. The SMILES string of the molecule is CC1(C)COC(C=O)OC1. The highest BCUT2D eigenvalue weighted by atomic mass is 16.7. The molecule has 1 saturated heterocycles. The van der Waals surface area contributed by atoms with Crippen LogP contribution in [0, 0.1) is 5.41 Å². The summed E-state index contributed by atoms with van der Waals surface area (Å²) in [6.07, 6.45) is 0.0444. The van der Waals surface area contributed by atoms with E-state index in [1.54, 1.807) is 0 Å². The molecule has 0 amide bonds. The van der Waals surface area contributed by atoms with Crippen LogP contribution in [-0.2, 0) is 14.3 Å². The smallest absolute Gasteiger partial charge is 0.214 e. The van der Waals surface area contributed by atoms with Crippen LogP contribution in [-0.4, -0.2) is 25.8 Å². The van der Waals surface area contributed by atoms with Gasteiger partial charge >= 0.3 is 0 Å². The molecular formula is C7H12O3. The molecule has 0 aromatic heterocycles. The van der Waals surface area contributed by atoms with E-state index in [-0.39, 0.29) is 5.41 Å². The fourth-order valence-corrected chi connectivity index (χ4v) is 0.784. The second-order valence-electron chi connectivity index (χ2n) is 3.29. The Labute approximate surface area is 60.3 Å². The van der Waals surface area contributed by atoms with Crippen LogP contribution in [0.25, 0.3) is 0 Å². The van der Waals surface area contributed by atoms with Gasteiger partial charge < -0.3 is 9.47 Å². The van der Waals surface area contributed by atoms with Gasteiger partial charge in [0.25, 0.3) is 0 Å². The quantitative estimate of drug-likeness (QED) is 0.505. The Morgan fingerprint density at radius 2 is 1.90 bits per heavy atom. The number of aldehydes is 1. The molecule has 0 spiro atoms. The van der Waals surface area contributed by atoms with E-state index in [1.807, 2.05) is 13.8 Å². The van der Waals surface area contributed by atoms with Gasteiger partial charge in [-0.15, -0.1) is 0 Å². The summed E-state index contributed by atoms with van der Waals surface area (Å²) in [5.41, 5.74) is 0.0551. The van der Waals surface area contributed by atoms with Crippen LogP contribution in [0.15, 0.2) is 0 Å². The maximum absolute atomic E-state index is 10.1. The van der Waals surface area contributed by atoms with Gasteiger partial charge in [-0.25, -0.2) is 0 Å². The van der Waals surface area contributed by atoms with Gasteiger partial charge in [-0.05, 0) is 0 Å². The first-order valence-electron chi connectivity index (χ1n) is 3.32. The summed E-state index contributed by atoms with van der Waals surface area (Å²) in [5.74, 6) is 0. The molecule has 3 heteroatoms. The van der Waals surface area contributed by atoms with Crippen LogP contribution in [0.3, 0.4) is 0 Å². The first-order chi connectivity index (χ1) is 4.64. The number of rotatable bonds is 1. The molecule has 1 heterocycles. The zero-order valence-corrected chi connectivity index (χ0v) is 6.29. The van der Waals surface area contributed by atoms with Crippen molar-refractivity contribution in [3.63, 3.8) is 0 Å². The van der Waals surface area contributed by atoms with Gasteiger partial charge in [-0.3, -0.25) is 4.79 Å². The summed E-state index contributed by atoms with van der Waals surface area (Å²) in [4.78, 5) is 10.1. The predicted molar refractivity (Wildman–Crippen MR) is 35.5 cm³/mol. The first kappa shape index (κ1) is 7.69. The Morgan fingerprint density at radius 1 is 1.40 bits per heavy atom. The fourth-order valence-electron chi connectivity index (χ4n) is 0.784. The third kappa shape index (κ3) is 1.78. The molecule has 1 fully saturated rings. The zero-order valence-electron chi connectivity index (χ0n) is 6.29. The van der Waals surface area contributed by atoms with Crippen molar-refractivity contribution in [2.45, 2.75) is 20.1 Å². The number of hydrogen-bond acceptors (Lipinski definition) is 3. The molecule has 1 aliphatic rings. The van der Waals surface area contributed by atoms with Crippen LogP contribution in [0.1, 0.15) is 13.8 Å². The molecule has 1 rings (SSSR count). The molecule has 1 aliphatic heterocycles. The van der Waals surface area contributed by atoms with E-state index in [0.29, 0.717) is 19.5 Å². The molecule has 0 N–H and O–H groups in total. The van der Waals surface area contributed by atoms with Crippen molar-refractivity contribution in [3.05, 3.63) is 0 Å². The molecule has 0 atom stereocenters. The van der Waals surface area contributed by atoms with Crippen LogP contribution >= 0.6 is 0 Å². The van der Waals surface area contributed by atoms with Crippen LogP contribution in [0.2, 0.25) is 0 Å². The normalized spacial score (nSPS) is 26.2. The minimum atomic E-state index is -0.631. The molecule has 0 unspecified atom stereocenters. The number of carbonyl (C=O) groups is 1. The standard InChI is InChI=1S/C7H12O3/c1-7(2)4-9-6(3-8)10-5-7/h3,6H,4-5H2,1-2H3. The molecule has 0 aliphatic carbocycles. The van der Waals surface area contributed by atoms with Crippen molar-refractivity contribution in [3.8, 4) is 0 Å². The average Bonchev–Trinajstić information content (AvgIpc) is 1.88. The van der Waals surface area contributed by atoms with Gasteiger partial charge in [0.05, 0.1) is 13.2 Å². The highest BCUT2D eigenvalue weighted by Crippen LogP contribution is 2.21. The van der Waals surface area contributed by atoms with E-state index in [4.69, 9.17) is 9.47 Å². The van der Waals surface area contributed by atoms with Crippen LogP contribution in [0.4, 0.5) is 0 Å². The van der Waals surface area contributed by atoms with Crippen molar-refractivity contribution in [2.75, 3.05) is 13.2 Å². The predicted octanol–water partition coefficient (Wildman–Crippen LogP) is 0.584. The van der Waals surface area contributed by atoms with Gasteiger partial charge in [0.1, 0.15) is 0 Å². The van der Waals surface area contributed by atoms with Gasteiger partial charge in [0.2, 0.25) is 6.29 Å². The fraction of sp³-hybridized carbons (Fsp3) is 0.857. The van der Waals surface area contributed by atoms with Gasteiger partial charge in [0.15, 0.2) is 6.29 Å². The van der Waals surface area contributed by atoms with Crippen molar-refractivity contribution < 1.29 is 14.3 Å². The minimum absolute atomic E-state index is 0.0551. The summed E-state index contributed by atoms with van der Waals surface area (Å²) in [6, 6.07) is 0. The Kier molecular flexibility index (Phi) is 2.06. The van der Waals surface area contributed by atoms with E-state index in [2.05, 4.69) is 0 Å². The van der Waals surface area contributed by atoms with Crippen LogP contribution in [0.5, 0.6) is 0 Å². The topological polar surface area (TPSA) is 35.5 Å². The summed E-state index contributed by atoms with van der Waals surface area (Å²) < 4.78 is 10.1. The highest BCUT2D eigenvalue weighted by Gasteiger charge is 2.27.